The number of rotatable bonds is 3. The fourth-order valence-corrected chi connectivity index (χ4v) is 5.18. The first-order valence-electron chi connectivity index (χ1n) is 9.18. The van der Waals surface area contributed by atoms with Crippen molar-refractivity contribution < 1.29 is 0 Å². The van der Waals surface area contributed by atoms with Crippen molar-refractivity contribution in [1.29, 1.82) is 0 Å². The highest BCUT2D eigenvalue weighted by Crippen LogP contribution is 2.35. The lowest BCUT2D eigenvalue weighted by atomic mass is 9.80. The summed E-state index contributed by atoms with van der Waals surface area (Å²) in [7, 11) is 0. The Kier molecular flexibility index (Phi) is 8.28. The summed E-state index contributed by atoms with van der Waals surface area (Å²) in [4.78, 5) is 9.93. The maximum Gasteiger partial charge on any atom is 0.191 e. The molecule has 1 aliphatic carbocycles. The lowest BCUT2D eigenvalue weighted by Gasteiger charge is -2.47. The molecular weight excluding hydrogens is 419 g/mol. The van der Waals surface area contributed by atoms with E-state index < -0.39 is 0 Å². The molecule has 2 saturated heterocycles. The van der Waals surface area contributed by atoms with Gasteiger partial charge in [0.05, 0.1) is 6.54 Å². The predicted molar refractivity (Wildman–Crippen MR) is 112 cm³/mol. The van der Waals surface area contributed by atoms with Crippen LogP contribution < -0.4 is 5.73 Å². The van der Waals surface area contributed by atoms with Crippen molar-refractivity contribution in [2.75, 3.05) is 44.2 Å². The van der Waals surface area contributed by atoms with Gasteiger partial charge in [-0.3, -0.25) is 9.89 Å². The number of hydrogen-bond donors (Lipinski definition) is 1. The summed E-state index contributed by atoms with van der Waals surface area (Å²) in [5.74, 6) is 3.37. The molecule has 2 aliphatic heterocycles. The Balaban J connectivity index is 0.00000192. The largest absolute Gasteiger partial charge is 0.370 e. The molecule has 0 amide bonds. The van der Waals surface area contributed by atoms with Crippen molar-refractivity contribution in [3.8, 4) is 0 Å². The van der Waals surface area contributed by atoms with E-state index in [0.29, 0.717) is 5.54 Å². The fraction of sp³-hybridized carbons (Fsp3) is 0.941. The van der Waals surface area contributed by atoms with Gasteiger partial charge >= 0.3 is 0 Å². The first-order valence-corrected chi connectivity index (χ1v) is 10.3. The second-order valence-electron chi connectivity index (χ2n) is 7.11. The number of halogens is 1. The van der Waals surface area contributed by atoms with Gasteiger partial charge < -0.3 is 10.6 Å². The quantitative estimate of drug-likeness (QED) is 0.406. The van der Waals surface area contributed by atoms with Crippen molar-refractivity contribution in [3.63, 3.8) is 0 Å². The van der Waals surface area contributed by atoms with Crippen molar-refractivity contribution in [2.45, 2.75) is 56.9 Å². The number of piperidine rings is 1. The molecule has 0 aromatic rings. The van der Waals surface area contributed by atoms with Gasteiger partial charge in [-0.05, 0) is 32.1 Å². The minimum atomic E-state index is 0. The van der Waals surface area contributed by atoms with Crippen molar-refractivity contribution in [1.82, 2.24) is 9.80 Å². The van der Waals surface area contributed by atoms with Crippen LogP contribution >= 0.6 is 35.7 Å². The Bertz CT molecular complexity index is 373. The van der Waals surface area contributed by atoms with Gasteiger partial charge in [0.1, 0.15) is 0 Å². The smallest absolute Gasteiger partial charge is 0.191 e. The van der Waals surface area contributed by atoms with Gasteiger partial charge in [0.15, 0.2) is 5.96 Å². The molecule has 3 aliphatic rings. The summed E-state index contributed by atoms with van der Waals surface area (Å²) in [5, 5.41) is 0. The van der Waals surface area contributed by atoms with E-state index in [4.69, 9.17) is 10.7 Å². The molecule has 0 aromatic carbocycles. The molecule has 3 fully saturated rings. The van der Waals surface area contributed by atoms with Crippen LogP contribution in [0.5, 0.6) is 0 Å². The number of guanidine groups is 1. The summed E-state index contributed by atoms with van der Waals surface area (Å²) in [6.45, 7) is 5.60. The molecule has 0 radical (unpaired) electrons. The zero-order valence-electron chi connectivity index (χ0n) is 14.3. The number of aliphatic imine (C=N–C) groups is 1. The van der Waals surface area contributed by atoms with Gasteiger partial charge in [-0.2, -0.15) is 11.8 Å². The van der Waals surface area contributed by atoms with E-state index >= 15 is 0 Å². The second-order valence-corrected chi connectivity index (χ2v) is 8.33. The van der Waals surface area contributed by atoms with Gasteiger partial charge in [-0.15, -0.1) is 24.0 Å². The van der Waals surface area contributed by atoms with Gasteiger partial charge in [0.2, 0.25) is 0 Å². The van der Waals surface area contributed by atoms with Crippen molar-refractivity contribution in [3.05, 3.63) is 0 Å². The first kappa shape index (κ1) is 19.6. The Labute approximate surface area is 163 Å². The number of nitrogens with two attached hydrogens (primary N) is 1. The first-order chi connectivity index (χ1) is 10.8. The highest BCUT2D eigenvalue weighted by Gasteiger charge is 2.38. The van der Waals surface area contributed by atoms with Crippen LogP contribution in [0.4, 0.5) is 0 Å². The SMILES string of the molecule is I.NC(=NCC1(N2CCSCC2)CCCCC1)N1CCCCC1. The molecule has 0 spiro atoms. The maximum absolute atomic E-state index is 6.31. The molecule has 2 N–H and O–H groups in total. The van der Waals surface area contributed by atoms with Crippen LogP contribution in [-0.2, 0) is 0 Å². The third-order valence-electron chi connectivity index (χ3n) is 5.68. The van der Waals surface area contributed by atoms with Crippen LogP contribution in [0.2, 0.25) is 0 Å². The van der Waals surface area contributed by atoms with E-state index in [0.717, 1.165) is 25.6 Å². The minimum absolute atomic E-state index is 0. The summed E-state index contributed by atoms with van der Waals surface area (Å²) < 4.78 is 0. The van der Waals surface area contributed by atoms with E-state index in [-0.39, 0.29) is 24.0 Å². The van der Waals surface area contributed by atoms with Crippen LogP contribution in [0.25, 0.3) is 0 Å². The highest BCUT2D eigenvalue weighted by atomic mass is 127. The van der Waals surface area contributed by atoms with Crippen LogP contribution in [0, 0.1) is 0 Å². The Morgan fingerprint density at radius 3 is 2.17 bits per heavy atom. The maximum atomic E-state index is 6.31. The van der Waals surface area contributed by atoms with Gasteiger partial charge in [-0.1, -0.05) is 19.3 Å². The van der Waals surface area contributed by atoms with Crippen molar-refractivity contribution >= 4 is 41.7 Å². The highest BCUT2D eigenvalue weighted by molar-refractivity contribution is 14.0. The average molecular weight is 452 g/mol. The monoisotopic (exact) mass is 452 g/mol. The summed E-state index contributed by atoms with van der Waals surface area (Å²) in [5.41, 5.74) is 6.61. The molecule has 4 nitrogen and oxygen atoms in total. The zero-order valence-corrected chi connectivity index (χ0v) is 17.5. The molecule has 3 rings (SSSR count). The molecule has 2 heterocycles. The molecule has 0 aromatic heterocycles. The Morgan fingerprint density at radius 1 is 0.913 bits per heavy atom. The van der Waals surface area contributed by atoms with E-state index in [9.17, 15) is 0 Å². The molecule has 6 heteroatoms. The Hall–Kier alpha value is 0.310. The van der Waals surface area contributed by atoms with Gasteiger partial charge in [-0.25, -0.2) is 0 Å². The summed E-state index contributed by atoms with van der Waals surface area (Å²) in [6.07, 6.45) is 10.6. The van der Waals surface area contributed by atoms with Gasteiger partial charge in [0, 0.05) is 43.2 Å². The van der Waals surface area contributed by atoms with Crippen LogP contribution in [0.3, 0.4) is 0 Å². The van der Waals surface area contributed by atoms with E-state index in [1.807, 2.05) is 0 Å². The molecule has 134 valence electrons. The third kappa shape index (κ3) is 5.14. The Morgan fingerprint density at radius 2 is 1.52 bits per heavy atom. The lowest BCUT2D eigenvalue weighted by molar-refractivity contribution is 0.0669. The summed E-state index contributed by atoms with van der Waals surface area (Å²) >= 11 is 2.10. The number of likely N-dealkylation sites (tertiary alicyclic amines) is 1. The molecule has 23 heavy (non-hydrogen) atoms. The number of nitrogens with zero attached hydrogens (tertiary/aromatic N) is 3. The normalized spacial score (nSPS) is 26.6. The minimum Gasteiger partial charge on any atom is -0.370 e. The molecule has 0 unspecified atom stereocenters. The average Bonchev–Trinajstić information content (AvgIpc) is 2.62. The standard InChI is InChI=1S/C17H32N4S.HI/c18-16(20-9-5-2-6-10-20)19-15-17(7-3-1-4-8-17)21-11-13-22-14-12-21;/h1-15H2,(H2,18,19);1H. The number of hydrogen-bond acceptors (Lipinski definition) is 3. The summed E-state index contributed by atoms with van der Waals surface area (Å²) in [6, 6.07) is 0. The molecule has 0 bridgehead atoms. The fourth-order valence-electron chi connectivity index (χ4n) is 4.27. The van der Waals surface area contributed by atoms with Crippen molar-refractivity contribution in [2.24, 2.45) is 10.7 Å². The predicted octanol–water partition coefficient (Wildman–Crippen LogP) is 3.16. The topological polar surface area (TPSA) is 44.9 Å². The molecule has 1 saturated carbocycles. The van der Waals surface area contributed by atoms with Gasteiger partial charge in [0.25, 0.3) is 0 Å². The number of thioether (sulfide) groups is 1. The van der Waals surface area contributed by atoms with Crippen LogP contribution in [-0.4, -0.2) is 65.5 Å². The third-order valence-corrected chi connectivity index (χ3v) is 6.62. The molecule has 0 atom stereocenters. The van der Waals surface area contributed by atoms with E-state index in [1.165, 1.54) is 76.0 Å². The zero-order chi connectivity index (χ0) is 15.3. The van der Waals surface area contributed by atoms with E-state index in [1.54, 1.807) is 0 Å². The molecular formula is C17H33IN4S. The van der Waals surface area contributed by atoms with E-state index in [2.05, 4.69) is 21.6 Å². The van der Waals surface area contributed by atoms with Crippen LogP contribution in [0.15, 0.2) is 4.99 Å². The lowest BCUT2D eigenvalue weighted by Crippen LogP contribution is -2.55. The second kappa shape index (κ2) is 9.70. The van der Waals surface area contributed by atoms with Crippen LogP contribution in [0.1, 0.15) is 51.4 Å².